The first-order valence-corrected chi connectivity index (χ1v) is 9.12. The normalized spacial score (nSPS) is 16.6. The Hall–Kier alpha value is -0.760. The molecule has 1 fully saturated rings. The molecule has 1 aliphatic rings. The van der Waals surface area contributed by atoms with E-state index in [9.17, 15) is 21.6 Å². The van der Waals surface area contributed by atoms with Gasteiger partial charge in [-0.1, -0.05) is 15.9 Å². The Morgan fingerprint density at radius 2 is 1.76 bits per heavy atom. The number of hydrogen-bond donors (Lipinski definition) is 0. The highest BCUT2D eigenvalue weighted by molar-refractivity contribution is 9.09. The molecule has 0 heterocycles. The van der Waals surface area contributed by atoms with Gasteiger partial charge in [-0.3, -0.25) is 0 Å². The van der Waals surface area contributed by atoms with Crippen molar-refractivity contribution in [3.8, 4) is 0 Å². The zero-order valence-corrected chi connectivity index (χ0v) is 13.5. The van der Waals surface area contributed by atoms with Gasteiger partial charge in [-0.2, -0.15) is 13.2 Å². The molecule has 0 spiro atoms. The second-order valence-corrected chi connectivity index (χ2v) is 7.64. The predicted molar refractivity (Wildman–Crippen MR) is 78.5 cm³/mol. The summed E-state index contributed by atoms with van der Waals surface area (Å²) in [6.07, 6.45) is 3.25. The molecule has 8 heteroatoms. The van der Waals surface area contributed by atoms with Crippen molar-refractivity contribution in [1.29, 1.82) is 0 Å². The molecule has 0 atom stereocenters. The maximum absolute atomic E-state index is 12.5. The van der Waals surface area contributed by atoms with E-state index in [-0.39, 0.29) is 0 Å². The lowest BCUT2D eigenvalue weighted by atomic mass is 9.91. The number of sulfone groups is 1. The van der Waals surface area contributed by atoms with Crippen molar-refractivity contribution in [2.75, 3.05) is 16.8 Å². The molecular formula is C13H15BrF3NO2S. The van der Waals surface area contributed by atoms with E-state index in [1.165, 1.54) is 12.1 Å². The van der Waals surface area contributed by atoms with E-state index in [2.05, 4.69) is 20.8 Å². The Morgan fingerprint density at radius 1 is 1.19 bits per heavy atom. The fourth-order valence-electron chi connectivity index (χ4n) is 2.26. The summed E-state index contributed by atoms with van der Waals surface area (Å²) in [7, 11) is -5.27. The highest BCUT2D eigenvalue weighted by atomic mass is 79.9. The standard InChI is InChI=1S/C13H15BrF3NO2S/c14-8-9-18(10-2-1-3-10)11-4-6-12(7-5-11)21(19,20)13(15,16)17/h4-7,10H,1-3,8-9H2. The molecule has 0 aliphatic heterocycles. The molecular weight excluding hydrogens is 371 g/mol. The molecule has 0 N–H and O–H groups in total. The van der Waals surface area contributed by atoms with Gasteiger partial charge in [0.05, 0.1) is 4.90 Å². The van der Waals surface area contributed by atoms with Crippen molar-refractivity contribution >= 4 is 31.5 Å². The zero-order valence-electron chi connectivity index (χ0n) is 11.1. The maximum atomic E-state index is 12.5. The molecule has 118 valence electrons. The molecule has 0 radical (unpaired) electrons. The van der Waals surface area contributed by atoms with Gasteiger partial charge in [0, 0.05) is 23.6 Å². The summed E-state index contributed by atoms with van der Waals surface area (Å²) in [5.74, 6) is 0. The van der Waals surface area contributed by atoms with Crippen LogP contribution in [0.25, 0.3) is 0 Å². The monoisotopic (exact) mass is 385 g/mol. The van der Waals surface area contributed by atoms with Gasteiger partial charge in [-0.05, 0) is 43.5 Å². The van der Waals surface area contributed by atoms with Crippen LogP contribution >= 0.6 is 15.9 Å². The van der Waals surface area contributed by atoms with Crippen molar-refractivity contribution in [3.63, 3.8) is 0 Å². The van der Waals surface area contributed by atoms with Crippen LogP contribution in [0.3, 0.4) is 0 Å². The number of nitrogens with zero attached hydrogens (tertiary/aromatic N) is 1. The van der Waals surface area contributed by atoms with Gasteiger partial charge in [0.1, 0.15) is 0 Å². The molecule has 1 aromatic rings. The summed E-state index contributed by atoms with van der Waals surface area (Å²) in [5.41, 5.74) is -4.52. The summed E-state index contributed by atoms with van der Waals surface area (Å²) in [6.45, 7) is 0.732. The number of benzene rings is 1. The topological polar surface area (TPSA) is 37.4 Å². The van der Waals surface area contributed by atoms with Crippen molar-refractivity contribution in [3.05, 3.63) is 24.3 Å². The molecule has 1 aromatic carbocycles. The van der Waals surface area contributed by atoms with E-state index >= 15 is 0 Å². The van der Waals surface area contributed by atoms with Gasteiger partial charge in [-0.25, -0.2) is 8.42 Å². The summed E-state index contributed by atoms with van der Waals surface area (Å²) >= 11 is 3.35. The van der Waals surface area contributed by atoms with E-state index < -0.39 is 20.2 Å². The molecule has 0 aromatic heterocycles. The molecule has 3 nitrogen and oxygen atoms in total. The van der Waals surface area contributed by atoms with Gasteiger partial charge in [0.2, 0.25) is 0 Å². The lowest BCUT2D eigenvalue weighted by Gasteiger charge is -2.39. The zero-order chi connectivity index (χ0) is 15.7. The molecule has 0 unspecified atom stereocenters. The third-order valence-corrected chi connectivity index (χ3v) is 5.48. The van der Waals surface area contributed by atoms with E-state index in [0.717, 1.165) is 49.0 Å². The number of hydrogen-bond acceptors (Lipinski definition) is 3. The number of halogens is 4. The predicted octanol–water partition coefficient (Wildman–Crippen LogP) is 3.73. The van der Waals surface area contributed by atoms with Crippen LogP contribution in [0.5, 0.6) is 0 Å². The summed E-state index contributed by atoms with van der Waals surface area (Å²) in [4.78, 5) is 1.38. The molecule has 1 saturated carbocycles. The van der Waals surface area contributed by atoms with Crippen LogP contribution in [0.1, 0.15) is 19.3 Å². The molecule has 1 aliphatic carbocycles. The van der Waals surface area contributed by atoms with Crippen LogP contribution in [0.2, 0.25) is 0 Å². The van der Waals surface area contributed by atoms with Gasteiger partial charge >= 0.3 is 5.51 Å². The Labute approximate surface area is 130 Å². The molecule has 2 rings (SSSR count). The Kier molecular flexibility index (Phi) is 4.87. The lowest BCUT2D eigenvalue weighted by Crippen LogP contribution is -2.41. The summed E-state index contributed by atoms with van der Waals surface area (Å²) in [6, 6.07) is 5.32. The van der Waals surface area contributed by atoms with Crippen LogP contribution < -0.4 is 4.90 Å². The van der Waals surface area contributed by atoms with E-state index in [1.807, 2.05) is 0 Å². The minimum atomic E-state index is -5.27. The quantitative estimate of drug-likeness (QED) is 0.724. The second-order valence-electron chi connectivity index (χ2n) is 4.91. The first-order valence-electron chi connectivity index (χ1n) is 6.51. The smallest absolute Gasteiger partial charge is 0.368 e. The van der Waals surface area contributed by atoms with Gasteiger partial charge in [0.15, 0.2) is 0 Å². The van der Waals surface area contributed by atoms with Crippen molar-refractivity contribution < 1.29 is 21.6 Å². The van der Waals surface area contributed by atoms with Crippen molar-refractivity contribution in [2.45, 2.75) is 35.7 Å². The second kappa shape index (κ2) is 6.16. The van der Waals surface area contributed by atoms with E-state index in [4.69, 9.17) is 0 Å². The van der Waals surface area contributed by atoms with Crippen LogP contribution in [0, 0.1) is 0 Å². The van der Waals surface area contributed by atoms with Gasteiger partial charge < -0.3 is 4.90 Å². The van der Waals surface area contributed by atoms with Crippen LogP contribution in [0.4, 0.5) is 18.9 Å². The van der Waals surface area contributed by atoms with Crippen LogP contribution in [-0.2, 0) is 9.84 Å². The Balaban J connectivity index is 2.25. The minimum absolute atomic E-state index is 0.382. The maximum Gasteiger partial charge on any atom is 0.501 e. The van der Waals surface area contributed by atoms with E-state index in [0.29, 0.717) is 6.04 Å². The van der Waals surface area contributed by atoms with Crippen LogP contribution in [0.15, 0.2) is 29.2 Å². The van der Waals surface area contributed by atoms with Crippen molar-refractivity contribution in [1.82, 2.24) is 0 Å². The number of rotatable bonds is 5. The first-order chi connectivity index (χ1) is 9.77. The number of alkyl halides is 4. The molecule has 0 saturated heterocycles. The highest BCUT2D eigenvalue weighted by Gasteiger charge is 2.46. The number of anilines is 1. The lowest BCUT2D eigenvalue weighted by molar-refractivity contribution is -0.0436. The van der Waals surface area contributed by atoms with E-state index in [1.54, 1.807) is 0 Å². The molecule has 0 bridgehead atoms. The first kappa shape index (κ1) is 16.6. The molecule has 0 amide bonds. The summed E-state index contributed by atoms with van der Waals surface area (Å²) in [5, 5.41) is 0.742. The summed E-state index contributed by atoms with van der Waals surface area (Å²) < 4.78 is 60.1. The van der Waals surface area contributed by atoms with Gasteiger partial charge in [-0.15, -0.1) is 0 Å². The third kappa shape index (κ3) is 3.36. The largest absolute Gasteiger partial charge is 0.501 e. The third-order valence-electron chi connectivity index (χ3n) is 3.62. The average Bonchev–Trinajstić information content (AvgIpc) is 2.35. The molecule has 21 heavy (non-hydrogen) atoms. The highest BCUT2D eigenvalue weighted by Crippen LogP contribution is 2.33. The SMILES string of the molecule is O=S(=O)(c1ccc(N(CCBr)C2CCC2)cc1)C(F)(F)F. The van der Waals surface area contributed by atoms with Crippen molar-refractivity contribution in [2.24, 2.45) is 0 Å². The minimum Gasteiger partial charge on any atom is -0.368 e. The fourth-order valence-corrected chi connectivity index (χ4v) is 3.41. The Morgan fingerprint density at radius 3 is 2.14 bits per heavy atom. The average molecular weight is 386 g/mol. The van der Waals surface area contributed by atoms with Gasteiger partial charge in [0.25, 0.3) is 9.84 Å². The Bertz CT molecular complexity index is 582. The fraction of sp³-hybridized carbons (Fsp3) is 0.538. The van der Waals surface area contributed by atoms with Crippen LogP contribution in [-0.4, -0.2) is 31.8 Å².